The van der Waals surface area contributed by atoms with Crippen LogP contribution >= 0.6 is 0 Å². The molecule has 2 saturated heterocycles. The smallest absolute Gasteiger partial charge is 0.144 e. The highest BCUT2D eigenvalue weighted by Crippen LogP contribution is 2.11. The van der Waals surface area contributed by atoms with E-state index >= 15 is 0 Å². The topological polar surface area (TPSA) is 63.4 Å². The molecule has 4 rings (SSSR count). The highest BCUT2D eigenvalue weighted by Gasteiger charge is 2.23. The average Bonchev–Trinajstić information content (AvgIpc) is 2.80. The van der Waals surface area contributed by atoms with Gasteiger partial charge in [-0.15, -0.1) is 0 Å². The van der Waals surface area contributed by atoms with Crippen LogP contribution in [0.25, 0.3) is 0 Å². The van der Waals surface area contributed by atoms with Crippen molar-refractivity contribution >= 4 is 20.0 Å². The zero-order valence-corrected chi connectivity index (χ0v) is 22.2. The maximum Gasteiger partial charge on any atom is 0.144 e. The second-order valence-corrected chi connectivity index (χ2v) is 8.91. The van der Waals surface area contributed by atoms with Gasteiger partial charge in [0.1, 0.15) is 11.6 Å². The molecule has 0 atom stereocenters. The summed E-state index contributed by atoms with van der Waals surface area (Å²) in [5.41, 5.74) is 7.87. The molecule has 2 aromatic carbocycles. The van der Waals surface area contributed by atoms with Crippen LogP contribution in [0.4, 0.5) is 0 Å². The van der Waals surface area contributed by atoms with Crippen molar-refractivity contribution in [1.29, 1.82) is 0 Å². The molecule has 0 unspecified atom stereocenters. The van der Waals surface area contributed by atoms with E-state index in [0.29, 0.717) is 18.1 Å². The third-order valence-corrected chi connectivity index (χ3v) is 5.73. The van der Waals surface area contributed by atoms with Crippen LogP contribution in [0.3, 0.4) is 0 Å². The van der Waals surface area contributed by atoms with Crippen LogP contribution < -0.4 is 29.7 Å². The average molecular weight is 578 g/mol. The Kier molecular flexibility index (Phi) is 19.1. The molecule has 0 bridgehead atoms. The number of rotatable bonds is 3. The Hall–Kier alpha value is -1.55. The molecule has 2 heterocycles. The first-order valence-corrected chi connectivity index (χ1v) is 11.2. The number of benzene rings is 2. The van der Waals surface area contributed by atoms with E-state index in [9.17, 15) is 9.59 Å². The molecule has 0 saturated carbocycles. The lowest BCUT2D eigenvalue weighted by Gasteiger charge is -2.32. The summed E-state index contributed by atoms with van der Waals surface area (Å²) in [7, 11) is 4.35. The van der Waals surface area contributed by atoms with Crippen LogP contribution in [0, 0.1) is 0 Å². The van der Waals surface area contributed by atoms with Gasteiger partial charge in [-0.2, -0.15) is 0 Å². The van der Waals surface area contributed by atoms with Crippen LogP contribution in [0.15, 0.2) is 60.7 Å². The van der Waals surface area contributed by atoms with Crippen LogP contribution in [0.5, 0.6) is 0 Å². The minimum Gasteiger partial charge on any atom is -1.00 e. The predicted molar refractivity (Wildman–Crippen MR) is 139 cm³/mol. The highest BCUT2D eigenvalue weighted by molar-refractivity contribution is 5.79. The molecule has 2 aliphatic rings. The highest BCUT2D eigenvalue weighted by atomic mass is 127. The number of halogens is 1. The van der Waals surface area contributed by atoms with Gasteiger partial charge in [0.05, 0.1) is 40.0 Å². The molecular weight excluding hydrogens is 536 g/mol. The minimum atomic E-state index is 0. The molecule has 7 heteroatoms. The molecule has 2 fully saturated rings. The summed E-state index contributed by atoms with van der Waals surface area (Å²) in [6.07, 6.45) is 3.03. The van der Waals surface area contributed by atoms with Crippen LogP contribution in [-0.2, 0) is 22.7 Å². The fourth-order valence-corrected chi connectivity index (χ4v) is 3.51. The standard InChI is InChI=1S/C12H15NO.C7H14NO.C7H9N.CH4.B.HI/c14-12-6-8-13(9-7-12)10-11-4-2-1-3-5-11;1-8(2)5-3-7(9)4-6-8;8-6-7-4-2-1-3-5-7;;;/h1-5H,6-10H2;3-6H2,1-2H3;1-5H,6,8H2;1H4;;1H/q;+1;;;;/p-1. The van der Waals surface area contributed by atoms with E-state index in [0.717, 1.165) is 62.9 Å². The number of nitrogens with two attached hydrogens (primary N) is 1. The Morgan fingerprint density at radius 2 is 1.18 bits per heavy atom. The maximum atomic E-state index is 11.0. The summed E-state index contributed by atoms with van der Waals surface area (Å²) in [5.74, 6) is 0.849. The summed E-state index contributed by atoms with van der Waals surface area (Å²) < 4.78 is 1.02. The maximum absolute atomic E-state index is 11.0. The van der Waals surface area contributed by atoms with Crippen molar-refractivity contribution < 1.29 is 38.0 Å². The van der Waals surface area contributed by atoms with E-state index in [2.05, 4.69) is 43.3 Å². The SMILES string of the molecule is C.C[N+]1(C)CCC(=O)CC1.NCc1ccccc1.O=C1CCN(Cc2ccccc2)CC1.[B].[I-]. The number of Topliss-reactive ketones (excluding diaryl/α,β-unsaturated/α-hetero) is 2. The third kappa shape index (κ3) is 14.7. The van der Waals surface area contributed by atoms with Gasteiger partial charge in [-0.1, -0.05) is 68.1 Å². The number of nitrogens with zero attached hydrogens (tertiary/aromatic N) is 2. The van der Waals surface area contributed by atoms with E-state index in [1.807, 2.05) is 36.4 Å². The van der Waals surface area contributed by atoms with Gasteiger partial charge in [0.25, 0.3) is 0 Å². The zero-order valence-electron chi connectivity index (χ0n) is 20.1. The van der Waals surface area contributed by atoms with E-state index < -0.39 is 0 Å². The van der Waals surface area contributed by atoms with E-state index in [1.54, 1.807) is 0 Å². The molecule has 34 heavy (non-hydrogen) atoms. The Labute approximate surface area is 226 Å². The first kappa shape index (κ1) is 34.6. The van der Waals surface area contributed by atoms with Crippen molar-refractivity contribution in [1.82, 2.24) is 4.90 Å². The Bertz CT molecular complexity index is 782. The van der Waals surface area contributed by atoms with E-state index in [-0.39, 0.29) is 39.8 Å². The Morgan fingerprint density at radius 1 is 0.765 bits per heavy atom. The van der Waals surface area contributed by atoms with Gasteiger partial charge >= 0.3 is 0 Å². The Morgan fingerprint density at radius 3 is 1.56 bits per heavy atom. The predicted octanol–water partition coefficient (Wildman–Crippen LogP) is 0.682. The molecular formula is C27H42BIN3O2. The molecule has 0 aromatic heterocycles. The number of hydrogen-bond acceptors (Lipinski definition) is 4. The molecule has 0 aliphatic carbocycles. The zero-order chi connectivity index (χ0) is 22.5. The molecule has 0 spiro atoms. The molecule has 2 aromatic rings. The van der Waals surface area contributed by atoms with Crippen LogP contribution in [0.2, 0.25) is 0 Å². The summed E-state index contributed by atoms with van der Waals surface area (Å²) >= 11 is 0. The minimum absolute atomic E-state index is 0. The van der Waals surface area contributed by atoms with Gasteiger partial charge in [0.15, 0.2) is 0 Å². The third-order valence-electron chi connectivity index (χ3n) is 5.73. The van der Waals surface area contributed by atoms with E-state index in [4.69, 9.17) is 5.73 Å². The molecule has 2 N–H and O–H groups in total. The number of carbonyl (C=O) groups is 2. The second kappa shape index (κ2) is 18.7. The molecule has 0 amide bonds. The largest absolute Gasteiger partial charge is 1.00 e. The Balaban J connectivity index is 0. The fourth-order valence-electron chi connectivity index (χ4n) is 3.51. The number of carbonyl (C=O) groups excluding carboxylic acids is 2. The normalized spacial score (nSPS) is 16.7. The van der Waals surface area contributed by atoms with Gasteiger partial charge in [-0.3, -0.25) is 14.5 Å². The number of piperidine rings is 2. The second-order valence-electron chi connectivity index (χ2n) is 8.91. The first-order chi connectivity index (χ1) is 14.9. The van der Waals surface area contributed by atoms with Crippen molar-refractivity contribution in [2.75, 3.05) is 40.3 Å². The summed E-state index contributed by atoms with van der Waals surface area (Å²) in [5, 5.41) is 0. The van der Waals surface area contributed by atoms with Crippen molar-refractivity contribution in [3.05, 3.63) is 71.8 Å². The molecule has 3 radical (unpaired) electrons. The van der Waals surface area contributed by atoms with Gasteiger partial charge in [0.2, 0.25) is 0 Å². The summed E-state index contributed by atoms with van der Waals surface area (Å²) in [6, 6.07) is 20.4. The fraction of sp³-hybridized carbons (Fsp3) is 0.481. The lowest BCUT2D eigenvalue weighted by atomic mass is 10.1. The van der Waals surface area contributed by atoms with Crippen LogP contribution in [0.1, 0.15) is 44.2 Å². The molecule has 5 nitrogen and oxygen atoms in total. The number of likely N-dealkylation sites (tertiary alicyclic amines) is 2. The quantitative estimate of drug-likeness (QED) is 0.331. The lowest BCUT2D eigenvalue weighted by molar-refractivity contribution is -0.891. The van der Waals surface area contributed by atoms with Crippen LogP contribution in [-0.4, -0.2) is 69.6 Å². The van der Waals surface area contributed by atoms with Gasteiger partial charge in [0, 0.05) is 47.4 Å². The number of hydrogen-bond donors (Lipinski definition) is 1. The number of ketones is 2. The first-order valence-electron chi connectivity index (χ1n) is 11.2. The van der Waals surface area contributed by atoms with Crippen molar-refractivity contribution in [3.63, 3.8) is 0 Å². The number of quaternary nitrogens is 1. The monoisotopic (exact) mass is 578 g/mol. The molecule has 187 valence electrons. The summed E-state index contributed by atoms with van der Waals surface area (Å²) in [4.78, 5) is 24.1. The van der Waals surface area contributed by atoms with Gasteiger partial charge < -0.3 is 34.2 Å². The van der Waals surface area contributed by atoms with E-state index in [1.165, 1.54) is 11.1 Å². The van der Waals surface area contributed by atoms with Crippen molar-refractivity contribution in [3.8, 4) is 0 Å². The van der Waals surface area contributed by atoms with Crippen molar-refractivity contribution in [2.24, 2.45) is 5.73 Å². The van der Waals surface area contributed by atoms with Gasteiger partial charge in [-0.05, 0) is 11.1 Å². The lowest BCUT2D eigenvalue weighted by Crippen LogP contribution is -3.00. The summed E-state index contributed by atoms with van der Waals surface area (Å²) in [6.45, 7) is 5.52. The molecule has 2 aliphatic heterocycles. The van der Waals surface area contributed by atoms with Crippen molar-refractivity contribution in [2.45, 2.75) is 46.2 Å². The van der Waals surface area contributed by atoms with Gasteiger partial charge in [-0.25, -0.2) is 0 Å².